The zero-order chi connectivity index (χ0) is 14.1. The van der Waals surface area contributed by atoms with Crippen LogP contribution in [0.5, 0.6) is 0 Å². The Morgan fingerprint density at radius 1 is 1.00 bits per heavy atom. The third-order valence-electron chi connectivity index (χ3n) is 3.43. The highest BCUT2D eigenvalue weighted by Gasteiger charge is 2.15. The van der Waals surface area contributed by atoms with E-state index in [4.69, 9.17) is 0 Å². The second kappa shape index (κ2) is 4.85. The lowest BCUT2D eigenvalue weighted by Gasteiger charge is -2.05. The number of amides is 1. The second-order valence-corrected chi connectivity index (χ2v) is 4.99. The minimum absolute atomic E-state index is 0.0798. The van der Waals surface area contributed by atoms with Gasteiger partial charge in [-0.2, -0.15) is 0 Å². The van der Waals surface area contributed by atoms with Crippen molar-refractivity contribution in [3.05, 3.63) is 65.4 Å². The van der Waals surface area contributed by atoms with Crippen LogP contribution in [0.1, 0.15) is 21.6 Å². The van der Waals surface area contributed by atoms with Crippen molar-refractivity contribution in [1.82, 2.24) is 4.98 Å². The normalized spacial score (nSPS) is 10.7. The topological polar surface area (TPSA) is 44.9 Å². The molecule has 3 heteroatoms. The number of carbonyl (C=O) groups is 1. The van der Waals surface area contributed by atoms with E-state index in [0.717, 1.165) is 22.3 Å². The lowest BCUT2D eigenvalue weighted by molar-refractivity contribution is 0.102. The van der Waals surface area contributed by atoms with Gasteiger partial charge in [0.05, 0.1) is 5.56 Å². The average Bonchev–Trinajstić information content (AvgIpc) is 2.77. The zero-order valence-corrected chi connectivity index (χ0v) is 11.5. The predicted octanol–water partition coefficient (Wildman–Crippen LogP) is 4.04. The maximum Gasteiger partial charge on any atom is 0.258 e. The van der Waals surface area contributed by atoms with E-state index in [-0.39, 0.29) is 5.91 Å². The van der Waals surface area contributed by atoms with Gasteiger partial charge in [0.15, 0.2) is 0 Å². The average molecular weight is 264 g/mol. The Balaban J connectivity index is 1.96. The number of carbonyl (C=O) groups excluding carboxylic acids is 1. The van der Waals surface area contributed by atoms with Crippen LogP contribution in [-0.4, -0.2) is 10.9 Å². The Morgan fingerprint density at radius 3 is 2.45 bits per heavy atom. The van der Waals surface area contributed by atoms with Crippen LogP contribution in [0.2, 0.25) is 0 Å². The summed E-state index contributed by atoms with van der Waals surface area (Å²) in [6, 6.07) is 15.6. The largest absolute Gasteiger partial charge is 0.358 e. The molecule has 0 aliphatic heterocycles. The molecule has 0 aliphatic carbocycles. The van der Waals surface area contributed by atoms with Gasteiger partial charge in [0.1, 0.15) is 0 Å². The van der Waals surface area contributed by atoms with Crippen LogP contribution in [-0.2, 0) is 0 Å². The third kappa shape index (κ3) is 2.18. The van der Waals surface area contributed by atoms with E-state index in [1.165, 1.54) is 5.56 Å². The van der Waals surface area contributed by atoms with E-state index in [9.17, 15) is 4.79 Å². The van der Waals surface area contributed by atoms with Crippen molar-refractivity contribution in [1.29, 1.82) is 0 Å². The van der Waals surface area contributed by atoms with Crippen molar-refractivity contribution in [2.75, 3.05) is 5.32 Å². The smallest absolute Gasteiger partial charge is 0.258 e. The molecule has 1 amide bonds. The van der Waals surface area contributed by atoms with Gasteiger partial charge < -0.3 is 10.3 Å². The van der Waals surface area contributed by atoms with Crippen molar-refractivity contribution in [2.24, 2.45) is 0 Å². The summed E-state index contributed by atoms with van der Waals surface area (Å²) in [6.07, 6.45) is 0. The fourth-order valence-electron chi connectivity index (χ4n) is 2.40. The minimum Gasteiger partial charge on any atom is -0.358 e. The molecule has 0 aliphatic rings. The summed E-state index contributed by atoms with van der Waals surface area (Å²) in [6.45, 7) is 3.94. The van der Waals surface area contributed by atoms with E-state index in [0.29, 0.717) is 5.56 Å². The number of benzene rings is 2. The van der Waals surface area contributed by atoms with Crippen molar-refractivity contribution < 1.29 is 4.79 Å². The highest BCUT2D eigenvalue weighted by Crippen LogP contribution is 2.23. The number of fused-ring (bicyclic) bond motifs is 1. The summed E-state index contributed by atoms with van der Waals surface area (Å²) in [5, 5.41) is 3.90. The van der Waals surface area contributed by atoms with Crippen LogP contribution < -0.4 is 5.32 Å². The molecular weight excluding hydrogens is 248 g/mol. The fraction of sp³-hybridized carbons (Fsp3) is 0.118. The number of anilines is 1. The molecule has 3 rings (SSSR count). The van der Waals surface area contributed by atoms with Gasteiger partial charge in [-0.1, -0.05) is 35.9 Å². The lowest BCUT2D eigenvalue weighted by Crippen LogP contribution is -2.12. The molecule has 20 heavy (non-hydrogen) atoms. The maximum absolute atomic E-state index is 12.5. The van der Waals surface area contributed by atoms with Gasteiger partial charge in [-0.15, -0.1) is 0 Å². The molecule has 3 aromatic rings. The molecule has 0 spiro atoms. The summed E-state index contributed by atoms with van der Waals surface area (Å²) in [4.78, 5) is 15.7. The summed E-state index contributed by atoms with van der Waals surface area (Å²) >= 11 is 0. The van der Waals surface area contributed by atoms with Crippen molar-refractivity contribution >= 4 is 22.5 Å². The number of hydrogen-bond acceptors (Lipinski definition) is 1. The summed E-state index contributed by atoms with van der Waals surface area (Å²) < 4.78 is 0. The Morgan fingerprint density at radius 2 is 1.70 bits per heavy atom. The number of aryl methyl sites for hydroxylation is 2. The number of nitrogens with one attached hydrogen (secondary N) is 2. The number of H-pyrrole nitrogens is 1. The molecule has 0 fully saturated rings. The van der Waals surface area contributed by atoms with Gasteiger partial charge >= 0.3 is 0 Å². The predicted molar refractivity (Wildman–Crippen MR) is 82.2 cm³/mol. The number of hydrogen-bond donors (Lipinski definition) is 2. The molecule has 3 nitrogen and oxygen atoms in total. The minimum atomic E-state index is -0.0798. The van der Waals surface area contributed by atoms with E-state index in [1.54, 1.807) is 0 Å². The summed E-state index contributed by atoms with van der Waals surface area (Å²) in [7, 11) is 0. The third-order valence-corrected chi connectivity index (χ3v) is 3.43. The number of rotatable bonds is 2. The Labute approximate surface area is 117 Å². The van der Waals surface area contributed by atoms with Crippen LogP contribution in [0.15, 0.2) is 48.5 Å². The molecule has 0 saturated carbocycles. The van der Waals surface area contributed by atoms with E-state index < -0.39 is 0 Å². The molecule has 2 N–H and O–H groups in total. The first-order valence-corrected chi connectivity index (χ1v) is 6.60. The van der Waals surface area contributed by atoms with Gasteiger partial charge in [-0.3, -0.25) is 4.79 Å². The molecule has 0 unspecified atom stereocenters. The number of para-hydroxylation sites is 1. The fourth-order valence-corrected chi connectivity index (χ4v) is 2.40. The maximum atomic E-state index is 12.5. The Hall–Kier alpha value is -2.55. The van der Waals surface area contributed by atoms with Gasteiger partial charge in [0.25, 0.3) is 5.91 Å². The van der Waals surface area contributed by atoms with Gasteiger partial charge in [-0.25, -0.2) is 0 Å². The van der Waals surface area contributed by atoms with Crippen molar-refractivity contribution in [2.45, 2.75) is 13.8 Å². The molecule has 0 saturated heterocycles. The van der Waals surface area contributed by atoms with Gasteiger partial charge in [-0.05, 0) is 32.0 Å². The quantitative estimate of drug-likeness (QED) is 0.721. The molecule has 1 heterocycles. The molecule has 1 aromatic heterocycles. The Bertz CT molecular complexity index is 769. The zero-order valence-electron chi connectivity index (χ0n) is 11.5. The Kier molecular flexibility index (Phi) is 3.03. The van der Waals surface area contributed by atoms with Crippen molar-refractivity contribution in [3.8, 4) is 0 Å². The first-order chi connectivity index (χ1) is 9.65. The molecule has 0 atom stereocenters. The van der Waals surface area contributed by atoms with Crippen molar-refractivity contribution in [3.63, 3.8) is 0 Å². The van der Waals surface area contributed by atoms with Gasteiger partial charge in [0, 0.05) is 22.3 Å². The molecular formula is C17H16N2O. The van der Waals surface area contributed by atoms with Crippen LogP contribution in [0.3, 0.4) is 0 Å². The lowest BCUT2D eigenvalue weighted by atomic mass is 10.1. The first-order valence-electron chi connectivity index (χ1n) is 6.60. The first kappa shape index (κ1) is 12.5. The standard InChI is InChI=1S/C17H16N2O/c1-11-7-9-13(10-8-11)19-17(20)16-12(2)18-15-6-4-3-5-14(15)16/h3-10,18H,1-2H3,(H,19,20). The molecule has 100 valence electrons. The SMILES string of the molecule is Cc1ccc(NC(=O)c2c(C)[nH]c3ccccc23)cc1. The number of aromatic nitrogens is 1. The summed E-state index contributed by atoms with van der Waals surface area (Å²) in [5.41, 5.74) is 4.56. The van der Waals surface area contributed by atoms with Crippen LogP contribution in [0.25, 0.3) is 10.9 Å². The van der Waals surface area contributed by atoms with Crippen LogP contribution >= 0.6 is 0 Å². The van der Waals surface area contributed by atoms with E-state index in [1.807, 2.05) is 62.4 Å². The van der Waals surface area contributed by atoms with E-state index >= 15 is 0 Å². The van der Waals surface area contributed by atoms with Crippen LogP contribution in [0.4, 0.5) is 5.69 Å². The van der Waals surface area contributed by atoms with Crippen LogP contribution in [0, 0.1) is 13.8 Å². The van der Waals surface area contributed by atoms with Gasteiger partial charge in [0.2, 0.25) is 0 Å². The molecule has 0 radical (unpaired) electrons. The highest BCUT2D eigenvalue weighted by atomic mass is 16.1. The monoisotopic (exact) mass is 264 g/mol. The molecule has 2 aromatic carbocycles. The second-order valence-electron chi connectivity index (χ2n) is 4.99. The molecule has 0 bridgehead atoms. The summed E-state index contributed by atoms with van der Waals surface area (Å²) in [5.74, 6) is -0.0798. The van der Waals surface area contributed by atoms with E-state index in [2.05, 4.69) is 10.3 Å². The number of aromatic amines is 1. The highest BCUT2D eigenvalue weighted by molar-refractivity contribution is 6.13.